The highest BCUT2D eigenvalue weighted by atomic mass is 16.5. The van der Waals surface area contributed by atoms with E-state index in [9.17, 15) is 0 Å². The van der Waals surface area contributed by atoms with E-state index in [-0.39, 0.29) is 0 Å². The summed E-state index contributed by atoms with van der Waals surface area (Å²) in [4.78, 5) is 0. The van der Waals surface area contributed by atoms with Crippen LogP contribution in [0, 0.1) is 5.92 Å². The standard InChI is InChI=1S/C8H15NO/c1-4-5-10-6-8(9)7(2)3/h4-7H,9H2,1-3H3/b5-4?,8-6-. The molecule has 0 fully saturated rings. The highest BCUT2D eigenvalue weighted by Crippen LogP contribution is 2.01. The van der Waals surface area contributed by atoms with Crippen LogP contribution < -0.4 is 5.73 Å². The molecule has 0 saturated carbocycles. The van der Waals surface area contributed by atoms with Crippen LogP contribution in [0.1, 0.15) is 20.8 Å². The Labute approximate surface area is 62.4 Å². The molecule has 0 radical (unpaired) electrons. The minimum atomic E-state index is 0.352. The second kappa shape index (κ2) is 4.91. The third-order valence-corrected chi connectivity index (χ3v) is 1.09. The molecule has 0 aromatic rings. The molecule has 0 amide bonds. The summed E-state index contributed by atoms with van der Waals surface area (Å²) in [6, 6.07) is 0. The van der Waals surface area contributed by atoms with Crippen molar-refractivity contribution in [2.45, 2.75) is 20.8 Å². The molecule has 0 aromatic carbocycles. The molecule has 0 rings (SSSR count). The first-order valence-electron chi connectivity index (χ1n) is 3.40. The number of ether oxygens (including phenoxy) is 1. The predicted octanol–water partition coefficient (Wildman–Crippen LogP) is 1.99. The Morgan fingerprint density at radius 2 is 2.10 bits per heavy atom. The van der Waals surface area contributed by atoms with E-state index in [4.69, 9.17) is 10.5 Å². The van der Waals surface area contributed by atoms with Gasteiger partial charge in [-0.2, -0.15) is 0 Å². The lowest BCUT2D eigenvalue weighted by Gasteiger charge is -2.02. The first-order chi connectivity index (χ1) is 4.68. The maximum atomic E-state index is 5.56. The fourth-order valence-electron chi connectivity index (χ4n) is 0.333. The maximum absolute atomic E-state index is 5.56. The van der Waals surface area contributed by atoms with E-state index >= 15 is 0 Å². The van der Waals surface area contributed by atoms with E-state index in [1.807, 2.05) is 26.8 Å². The van der Waals surface area contributed by atoms with Crippen molar-refractivity contribution >= 4 is 0 Å². The van der Waals surface area contributed by atoms with Gasteiger partial charge in [0.2, 0.25) is 0 Å². The van der Waals surface area contributed by atoms with Crippen LogP contribution in [-0.2, 0) is 4.74 Å². The summed E-state index contributed by atoms with van der Waals surface area (Å²) in [5.41, 5.74) is 6.32. The number of hydrogen-bond donors (Lipinski definition) is 1. The van der Waals surface area contributed by atoms with Crippen LogP contribution in [-0.4, -0.2) is 0 Å². The molecule has 0 saturated heterocycles. The van der Waals surface area contributed by atoms with Crippen LogP contribution in [0.5, 0.6) is 0 Å². The van der Waals surface area contributed by atoms with Crippen LogP contribution in [0.3, 0.4) is 0 Å². The number of rotatable bonds is 3. The summed E-state index contributed by atoms with van der Waals surface area (Å²) in [6.07, 6.45) is 4.96. The molecule has 0 aromatic heterocycles. The summed E-state index contributed by atoms with van der Waals surface area (Å²) in [5.74, 6) is 0.352. The van der Waals surface area contributed by atoms with Crippen molar-refractivity contribution < 1.29 is 4.74 Å². The van der Waals surface area contributed by atoms with E-state index in [0.717, 1.165) is 5.70 Å². The molecule has 0 aliphatic heterocycles. The van der Waals surface area contributed by atoms with Crippen molar-refractivity contribution in [1.82, 2.24) is 0 Å². The average Bonchev–Trinajstić information content (AvgIpc) is 1.88. The number of allylic oxidation sites excluding steroid dienone is 2. The Kier molecular flexibility index (Phi) is 4.46. The molecule has 2 nitrogen and oxygen atoms in total. The Morgan fingerprint density at radius 1 is 1.50 bits per heavy atom. The molecule has 0 bridgehead atoms. The zero-order chi connectivity index (χ0) is 7.98. The van der Waals surface area contributed by atoms with Gasteiger partial charge in [0.1, 0.15) is 6.26 Å². The molecule has 0 spiro atoms. The van der Waals surface area contributed by atoms with E-state index < -0.39 is 0 Å². The zero-order valence-corrected chi connectivity index (χ0v) is 6.79. The van der Waals surface area contributed by atoms with Crippen LogP contribution in [0.15, 0.2) is 24.3 Å². The van der Waals surface area contributed by atoms with Gasteiger partial charge in [-0.05, 0) is 12.8 Å². The first-order valence-corrected chi connectivity index (χ1v) is 3.40. The molecule has 0 unspecified atom stereocenters. The van der Waals surface area contributed by atoms with E-state index in [1.165, 1.54) is 0 Å². The van der Waals surface area contributed by atoms with Crippen molar-refractivity contribution in [2.24, 2.45) is 11.7 Å². The normalized spacial score (nSPS) is 13.0. The van der Waals surface area contributed by atoms with E-state index in [0.29, 0.717) is 5.92 Å². The fraction of sp³-hybridized carbons (Fsp3) is 0.500. The number of hydrogen-bond acceptors (Lipinski definition) is 2. The highest BCUT2D eigenvalue weighted by Gasteiger charge is 1.94. The summed E-state index contributed by atoms with van der Waals surface area (Å²) in [6.45, 7) is 5.93. The Bertz CT molecular complexity index is 136. The van der Waals surface area contributed by atoms with Gasteiger partial charge >= 0.3 is 0 Å². The van der Waals surface area contributed by atoms with Gasteiger partial charge in [-0.15, -0.1) is 0 Å². The van der Waals surface area contributed by atoms with Gasteiger partial charge in [-0.25, -0.2) is 0 Å². The second-order valence-electron chi connectivity index (χ2n) is 2.38. The lowest BCUT2D eigenvalue weighted by atomic mass is 10.2. The molecule has 10 heavy (non-hydrogen) atoms. The van der Waals surface area contributed by atoms with Gasteiger partial charge in [0, 0.05) is 5.70 Å². The van der Waals surface area contributed by atoms with Gasteiger partial charge in [0.05, 0.1) is 6.26 Å². The molecule has 58 valence electrons. The molecule has 2 heteroatoms. The topological polar surface area (TPSA) is 35.2 Å². The summed E-state index contributed by atoms with van der Waals surface area (Å²) >= 11 is 0. The molecular formula is C8H15NO. The minimum Gasteiger partial charge on any atom is -0.471 e. The lowest BCUT2D eigenvalue weighted by Crippen LogP contribution is -2.04. The van der Waals surface area contributed by atoms with Crippen LogP contribution in [0.25, 0.3) is 0 Å². The third-order valence-electron chi connectivity index (χ3n) is 1.09. The Balaban J connectivity index is 3.68. The molecular weight excluding hydrogens is 126 g/mol. The van der Waals surface area contributed by atoms with Crippen LogP contribution in [0.4, 0.5) is 0 Å². The average molecular weight is 141 g/mol. The Morgan fingerprint density at radius 3 is 2.50 bits per heavy atom. The van der Waals surface area contributed by atoms with Crippen LogP contribution in [0.2, 0.25) is 0 Å². The van der Waals surface area contributed by atoms with Gasteiger partial charge in [0.25, 0.3) is 0 Å². The fourth-order valence-corrected chi connectivity index (χ4v) is 0.333. The highest BCUT2D eigenvalue weighted by molar-refractivity contribution is 4.95. The van der Waals surface area contributed by atoms with Gasteiger partial charge in [-0.1, -0.05) is 19.9 Å². The zero-order valence-electron chi connectivity index (χ0n) is 6.79. The SMILES string of the molecule is CC=CO/C=C(\N)C(C)C. The smallest absolute Gasteiger partial charge is 0.109 e. The molecule has 0 atom stereocenters. The molecule has 2 N–H and O–H groups in total. The van der Waals surface area contributed by atoms with E-state index in [2.05, 4.69) is 0 Å². The maximum Gasteiger partial charge on any atom is 0.109 e. The summed E-state index contributed by atoms with van der Waals surface area (Å²) in [7, 11) is 0. The van der Waals surface area contributed by atoms with Crippen molar-refractivity contribution in [3.05, 3.63) is 24.3 Å². The van der Waals surface area contributed by atoms with Crippen molar-refractivity contribution in [2.75, 3.05) is 0 Å². The largest absolute Gasteiger partial charge is 0.471 e. The van der Waals surface area contributed by atoms with Crippen LogP contribution >= 0.6 is 0 Å². The van der Waals surface area contributed by atoms with Gasteiger partial charge < -0.3 is 10.5 Å². The van der Waals surface area contributed by atoms with Crippen molar-refractivity contribution in [3.63, 3.8) is 0 Å². The number of nitrogens with two attached hydrogens (primary N) is 1. The minimum absolute atomic E-state index is 0.352. The lowest BCUT2D eigenvalue weighted by molar-refractivity contribution is 0.391. The molecule has 0 aliphatic carbocycles. The monoisotopic (exact) mass is 141 g/mol. The Hall–Kier alpha value is -0.920. The summed E-state index contributed by atoms with van der Waals surface area (Å²) in [5, 5.41) is 0. The van der Waals surface area contributed by atoms with E-state index in [1.54, 1.807) is 12.5 Å². The first kappa shape index (κ1) is 9.08. The van der Waals surface area contributed by atoms with Crippen molar-refractivity contribution in [3.8, 4) is 0 Å². The van der Waals surface area contributed by atoms with Gasteiger partial charge in [0.15, 0.2) is 0 Å². The summed E-state index contributed by atoms with van der Waals surface area (Å²) < 4.78 is 4.94. The van der Waals surface area contributed by atoms with Crippen molar-refractivity contribution in [1.29, 1.82) is 0 Å². The van der Waals surface area contributed by atoms with Gasteiger partial charge in [-0.3, -0.25) is 0 Å². The molecule has 0 heterocycles. The molecule has 0 aliphatic rings. The quantitative estimate of drug-likeness (QED) is 0.610. The second-order valence-corrected chi connectivity index (χ2v) is 2.38. The predicted molar refractivity (Wildman–Crippen MR) is 43.0 cm³/mol. The third kappa shape index (κ3) is 4.01.